The van der Waals surface area contributed by atoms with Crippen LogP contribution in [0.1, 0.15) is 31.7 Å². The molecule has 0 unspecified atom stereocenters. The summed E-state index contributed by atoms with van der Waals surface area (Å²) in [5.74, 6) is 1.80. The summed E-state index contributed by atoms with van der Waals surface area (Å²) in [5.41, 5.74) is 4.27. The Balaban J connectivity index is 1.22. The average molecular weight is 475 g/mol. The monoisotopic (exact) mass is 474 g/mol. The molecule has 0 aliphatic carbocycles. The number of esters is 1. The Kier molecular flexibility index (Phi) is 8.68. The van der Waals surface area contributed by atoms with E-state index in [1.54, 1.807) is 7.11 Å². The molecule has 7 heteroatoms. The molecule has 0 saturated carbocycles. The number of anilines is 2. The molecule has 7 nitrogen and oxygen atoms in total. The van der Waals surface area contributed by atoms with Gasteiger partial charge in [-0.3, -0.25) is 4.79 Å². The van der Waals surface area contributed by atoms with Crippen molar-refractivity contribution in [1.29, 1.82) is 0 Å². The van der Waals surface area contributed by atoms with E-state index in [1.807, 2.05) is 43.6 Å². The van der Waals surface area contributed by atoms with Crippen LogP contribution in [0, 0.1) is 5.92 Å². The van der Waals surface area contributed by atoms with E-state index in [-0.39, 0.29) is 5.97 Å². The lowest BCUT2D eigenvalue weighted by Gasteiger charge is -2.31. The third kappa shape index (κ3) is 7.26. The number of nitrogens with zero attached hydrogens (tertiary/aromatic N) is 3. The van der Waals surface area contributed by atoms with Gasteiger partial charge in [0, 0.05) is 36.6 Å². The number of hydrogen-bond acceptors (Lipinski definition) is 7. The Labute approximate surface area is 207 Å². The molecule has 1 aromatic heterocycles. The summed E-state index contributed by atoms with van der Waals surface area (Å²) in [6, 6.07) is 16.3. The predicted octanol–water partition coefficient (Wildman–Crippen LogP) is 5.10. The molecule has 1 aliphatic heterocycles. The van der Waals surface area contributed by atoms with E-state index in [9.17, 15) is 4.79 Å². The maximum atomic E-state index is 11.7. The Morgan fingerprint density at radius 3 is 2.31 bits per heavy atom. The van der Waals surface area contributed by atoms with E-state index in [1.165, 1.54) is 5.56 Å². The summed E-state index contributed by atoms with van der Waals surface area (Å²) in [6.45, 7) is 5.46. The van der Waals surface area contributed by atoms with Gasteiger partial charge in [0.1, 0.15) is 5.75 Å². The fourth-order valence-corrected chi connectivity index (χ4v) is 4.37. The van der Waals surface area contributed by atoms with E-state index >= 15 is 0 Å². The minimum absolute atomic E-state index is 0.0572. The largest absolute Gasteiger partial charge is 0.497 e. The van der Waals surface area contributed by atoms with Crippen molar-refractivity contribution in [2.75, 3.05) is 38.7 Å². The average Bonchev–Trinajstić information content (AvgIpc) is 2.90. The van der Waals surface area contributed by atoms with Gasteiger partial charge in [-0.05, 0) is 80.6 Å². The van der Waals surface area contributed by atoms with Crippen molar-refractivity contribution in [2.24, 2.45) is 5.92 Å². The first-order valence-electron chi connectivity index (χ1n) is 12.3. The number of carbonyl (C=O) groups is 1. The summed E-state index contributed by atoms with van der Waals surface area (Å²) in [6.07, 6.45) is 7.35. The Morgan fingerprint density at radius 1 is 1.00 bits per heavy atom. The highest BCUT2D eigenvalue weighted by Crippen LogP contribution is 2.23. The maximum absolute atomic E-state index is 11.7. The van der Waals surface area contributed by atoms with Crippen LogP contribution in [-0.2, 0) is 16.0 Å². The number of carbonyl (C=O) groups excluding carboxylic acids is 1. The number of likely N-dealkylation sites (tertiary alicyclic amines) is 1. The van der Waals surface area contributed by atoms with Crippen molar-refractivity contribution in [3.05, 3.63) is 66.5 Å². The van der Waals surface area contributed by atoms with E-state index in [0.717, 1.165) is 61.5 Å². The van der Waals surface area contributed by atoms with Gasteiger partial charge in [0.25, 0.3) is 0 Å². The van der Waals surface area contributed by atoms with Crippen molar-refractivity contribution in [2.45, 2.75) is 32.6 Å². The topological polar surface area (TPSA) is 76.6 Å². The second-order valence-electron chi connectivity index (χ2n) is 8.89. The fraction of sp³-hybridized carbons (Fsp3) is 0.393. The zero-order chi connectivity index (χ0) is 24.5. The van der Waals surface area contributed by atoms with E-state index in [4.69, 9.17) is 9.47 Å². The normalized spacial score (nSPS) is 14.5. The van der Waals surface area contributed by atoms with Crippen LogP contribution in [0.25, 0.3) is 11.1 Å². The molecule has 0 spiro atoms. The molecule has 0 bridgehead atoms. The summed E-state index contributed by atoms with van der Waals surface area (Å²) in [4.78, 5) is 23.1. The molecule has 35 heavy (non-hydrogen) atoms. The van der Waals surface area contributed by atoms with Crippen LogP contribution in [0.5, 0.6) is 5.75 Å². The Hall–Kier alpha value is -3.45. The van der Waals surface area contributed by atoms with E-state index in [2.05, 4.69) is 44.5 Å². The molecule has 0 amide bonds. The smallest absolute Gasteiger partial charge is 0.306 e. The number of ether oxygens (including phenoxy) is 2. The van der Waals surface area contributed by atoms with Gasteiger partial charge in [0.05, 0.1) is 13.7 Å². The van der Waals surface area contributed by atoms with Gasteiger partial charge < -0.3 is 19.7 Å². The molecule has 1 fully saturated rings. The fourth-order valence-electron chi connectivity index (χ4n) is 4.37. The third-order valence-electron chi connectivity index (χ3n) is 6.47. The first-order valence-corrected chi connectivity index (χ1v) is 12.3. The highest BCUT2D eigenvalue weighted by molar-refractivity contribution is 5.69. The standard InChI is InChI=1S/C28H34N4O3/c1-3-35-27(33)18-22-13-16-32(17-14-22)15-12-21-4-8-25(9-5-21)31-28-29-19-24(20-30-28)23-6-10-26(34-2)11-7-23/h4-11,19-20,22H,3,12-18H2,1-2H3,(H,29,30,31). The Bertz CT molecular complexity index is 1060. The summed E-state index contributed by atoms with van der Waals surface area (Å²) < 4.78 is 10.3. The van der Waals surface area contributed by atoms with Crippen molar-refractivity contribution in [3.63, 3.8) is 0 Å². The van der Waals surface area contributed by atoms with Crippen LogP contribution in [0.4, 0.5) is 11.6 Å². The number of methoxy groups -OCH3 is 1. The Morgan fingerprint density at radius 2 is 1.69 bits per heavy atom. The second kappa shape index (κ2) is 12.3. The van der Waals surface area contributed by atoms with Gasteiger partial charge in [-0.25, -0.2) is 9.97 Å². The van der Waals surface area contributed by atoms with Gasteiger partial charge >= 0.3 is 5.97 Å². The molecule has 2 aromatic carbocycles. The van der Waals surface area contributed by atoms with Gasteiger partial charge in [0.2, 0.25) is 5.95 Å². The van der Waals surface area contributed by atoms with Crippen LogP contribution in [-0.4, -0.2) is 54.2 Å². The molecular formula is C28H34N4O3. The lowest BCUT2D eigenvalue weighted by molar-refractivity contribution is -0.144. The van der Waals surface area contributed by atoms with Gasteiger partial charge in [0.15, 0.2) is 0 Å². The first kappa shape index (κ1) is 24.7. The zero-order valence-corrected chi connectivity index (χ0v) is 20.6. The first-order chi connectivity index (χ1) is 17.1. The lowest BCUT2D eigenvalue weighted by Crippen LogP contribution is -2.35. The SMILES string of the molecule is CCOC(=O)CC1CCN(CCc2ccc(Nc3ncc(-c4ccc(OC)cc4)cn3)cc2)CC1. The molecule has 4 rings (SSSR count). The highest BCUT2D eigenvalue weighted by atomic mass is 16.5. The van der Waals surface area contributed by atoms with Gasteiger partial charge in [-0.1, -0.05) is 24.3 Å². The number of hydrogen-bond donors (Lipinski definition) is 1. The van der Waals surface area contributed by atoms with E-state index in [0.29, 0.717) is 24.9 Å². The van der Waals surface area contributed by atoms with Crippen LogP contribution in [0.2, 0.25) is 0 Å². The molecule has 0 radical (unpaired) electrons. The molecule has 1 N–H and O–H groups in total. The predicted molar refractivity (Wildman–Crippen MR) is 138 cm³/mol. The quantitative estimate of drug-likeness (QED) is 0.410. The van der Waals surface area contributed by atoms with Gasteiger partial charge in [-0.2, -0.15) is 0 Å². The maximum Gasteiger partial charge on any atom is 0.306 e. The lowest BCUT2D eigenvalue weighted by atomic mass is 9.93. The van der Waals surface area contributed by atoms with E-state index < -0.39 is 0 Å². The number of benzene rings is 2. The van der Waals surface area contributed by atoms with Gasteiger partial charge in [-0.15, -0.1) is 0 Å². The summed E-state index contributed by atoms with van der Waals surface area (Å²) >= 11 is 0. The van der Waals surface area contributed by atoms with Crippen molar-refractivity contribution >= 4 is 17.6 Å². The van der Waals surface area contributed by atoms with Crippen molar-refractivity contribution < 1.29 is 14.3 Å². The molecule has 0 atom stereocenters. The minimum Gasteiger partial charge on any atom is -0.497 e. The molecule has 2 heterocycles. The molecular weight excluding hydrogens is 440 g/mol. The van der Waals surface area contributed by atoms with Crippen molar-refractivity contribution in [1.82, 2.24) is 14.9 Å². The third-order valence-corrected chi connectivity index (χ3v) is 6.47. The minimum atomic E-state index is -0.0572. The van der Waals surface area contributed by atoms with Crippen LogP contribution in [0.15, 0.2) is 60.9 Å². The van der Waals surface area contributed by atoms with Crippen LogP contribution in [0.3, 0.4) is 0 Å². The van der Waals surface area contributed by atoms with Crippen LogP contribution < -0.4 is 10.1 Å². The van der Waals surface area contributed by atoms with Crippen LogP contribution >= 0.6 is 0 Å². The van der Waals surface area contributed by atoms with Crippen molar-refractivity contribution in [3.8, 4) is 16.9 Å². The number of aromatic nitrogens is 2. The number of piperidine rings is 1. The molecule has 1 aliphatic rings. The molecule has 184 valence electrons. The molecule has 3 aromatic rings. The second-order valence-corrected chi connectivity index (χ2v) is 8.89. The summed E-state index contributed by atoms with van der Waals surface area (Å²) in [5, 5.41) is 3.27. The summed E-state index contributed by atoms with van der Waals surface area (Å²) in [7, 11) is 1.66. The number of nitrogens with one attached hydrogen (secondary N) is 1. The molecule has 1 saturated heterocycles. The number of rotatable bonds is 10. The zero-order valence-electron chi connectivity index (χ0n) is 20.6. The highest BCUT2D eigenvalue weighted by Gasteiger charge is 2.21.